The lowest BCUT2D eigenvalue weighted by Crippen LogP contribution is -1.60. The van der Waals surface area contributed by atoms with E-state index in [1.165, 1.54) is 11.4 Å². The molecule has 1 rings (SSSR count). The summed E-state index contributed by atoms with van der Waals surface area (Å²) >= 11 is 1.51. The molecule has 0 saturated heterocycles. The molecule has 1 aromatic rings. The molecule has 46 valence electrons. The van der Waals surface area contributed by atoms with E-state index in [0.29, 0.717) is 7.57 Å². The highest BCUT2D eigenvalue weighted by atomic mass is 32.7. The number of nitrogens with one attached hydrogen (secondary N) is 1. The molecule has 9 heavy (non-hydrogen) atoms. The topological polar surface area (TPSA) is 23.9 Å². The van der Waals surface area contributed by atoms with Crippen LogP contribution in [0, 0.1) is 5.16 Å². The highest BCUT2D eigenvalue weighted by Crippen LogP contribution is 2.28. The standard InChI is InChI=1S/C6H6NPS/c7-8-9-6-4-2-1-3-5-6/h1-5,7H. The van der Waals surface area contributed by atoms with Gasteiger partial charge < -0.3 is 0 Å². The van der Waals surface area contributed by atoms with Crippen molar-refractivity contribution in [2.24, 2.45) is 0 Å². The lowest BCUT2D eigenvalue weighted by atomic mass is 10.4. The van der Waals surface area contributed by atoms with Gasteiger partial charge in [0, 0.05) is 4.90 Å². The molecular formula is C6H6NPS. The lowest BCUT2D eigenvalue weighted by Gasteiger charge is -1.88. The van der Waals surface area contributed by atoms with Crippen LogP contribution in [0.3, 0.4) is 0 Å². The number of hydrogen-bond acceptors (Lipinski definition) is 2. The van der Waals surface area contributed by atoms with Gasteiger partial charge in [-0.05, 0) is 23.5 Å². The van der Waals surface area contributed by atoms with Crippen LogP contribution in [0.1, 0.15) is 0 Å². The Morgan fingerprint density at radius 2 is 1.89 bits per heavy atom. The molecule has 0 bridgehead atoms. The van der Waals surface area contributed by atoms with E-state index in [4.69, 9.17) is 5.16 Å². The van der Waals surface area contributed by atoms with Crippen molar-refractivity contribution < 1.29 is 0 Å². The Bertz CT molecular complexity index is 188. The smallest absolute Gasteiger partial charge is 0.0750 e. The second kappa shape index (κ2) is 3.65. The summed E-state index contributed by atoms with van der Waals surface area (Å²) in [5.41, 5.74) is 0. The van der Waals surface area contributed by atoms with E-state index in [9.17, 15) is 0 Å². The molecule has 0 atom stereocenters. The van der Waals surface area contributed by atoms with Crippen molar-refractivity contribution in [3.8, 4) is 0 Å². The first-order valence-corrected chi connectivity index (χ1v) is 4.84. The third kappa shape index (κ3) is 2.17. The van der Waals surface area contributed by atoms with Crippen LogP contribution in [0.4, 0.5) is 0 Å². The van der Waals surface area contributed by atoms with Gasteiger partial charge in [0.25, 0.3) is 0 Å². The zero-order chi connectivity index (χ0) is 6.53. The molecule has 0 radical (unpaired) electrons. The Labute approximate surface area is 59.9 Å². The highest BCUT2D eigenvalue weighted by Gasteiger charge is 1.84. The predicted octanol–water partition coefficient (Wildman–Crippen LogP) is 3.40. The Balaban J connectivity index is 2.72. The van der Waals surface area contributed by atoms with Crippen molar-refractivity contribution >= 4 is 19.0 Å². The summed E-state index contributed by atoms with van der Waals surface area (Å²) in [7, 11) is 0.612. The lowest BCUT2D eigenvalue weighted by molar-refractivity contribution is 1.48. The Kier molecular flexibility index (Phi) is 2.75. The summed E-state index contributed by atoms with van der Waals surface area (Å²) in [6.45, 7) is 0. The maximum atomic E-state index is 6.88. The molecule has 0 saturated carbocycles. The van der Waals surface area contributed by atoms with Crippen LogP contribution in [-0.4, -0.2) is 0 Å². The van der Waals surface area contributed by atoms with Gasteiger partial charge in [-0.3, -0.25) is 5.16 Å². The zero-order valence-electron chi connectivity index (χ0n) is 4.74. The third-order valence-corrected chi connectivity index (χ3v) is 2.37. The van der Waals surface area contributed by atoms with E-state index in [2.05, 4.69) is 0 Å². The minimum Gasteiger partial charge on any atom is -0.273 e. The van der Waals surface area contributed by atoms with Gasteiger partial charge in [-0.2, -0.15) is 0 Å². The maximum absolute atomic E-state index is 6.88. The van der Waals surface area contributed by atoms with Gasteiger partial charge >= 0.3 is 0 Å². The van der Waals surface area contributed by atoms with Crippen LogP contribution >= 0.6 is 19.0 Å². The fourth-order valence-electron chi connectivity index (χ4n) is 0.534. The molecule has 0 aliphatic carbocycles. The quantitative estimate of drug-likeness (QED) is 0.650. The van der Waals surface area contributed by atoms with Gasteiger partial charge in [0.1, 0.15) is 0 Å². The molecule has 0 aliphatic rings. The molecule has 0 aliphatic heterocycles. The van der Waals surface area contributed by atoms with E-state index in [1.807, 2.05) is 30.3 Å². The van der Waals surface area contributed by atoms with Crippen LogP contribution < -0.4 is 0 Å². The molecule has 3 heteroatoms. The number of hydrogen-bond donors (Lipinski definition) is 1. The fraction of sp³-hybridized carbons (Fsp3) is 0. The molecule has 0 aromatic heterocycles. The van der Waals surface area contributed by atoms with Crippen LogP contribution in [0.15, 0.2) is 35.2 Å². The van der Waals surface area contributed by atoms with E-state index in [-0.39, 0.29) is 0 Å². The summed E-state index contributed by atoms with van der Waals surface area (Å²) < 4.78 is 0. The highest BCUT2D eigenvalue weighted by molar-refractivity contribution is 8.46. The molecular weight excluding hydrogens is 149 g/mol. The van der Waals surface area contributed by atoms with Crippen molar-refractivity contribution in [1.29, 1.82) is 5.16 Å². The Morgan fingerprint density at radius 3 is 2.44 bits per heavy atom. The number of rotatable bonds is 2. The molecule has 1 aromatic carbocycles. The summed E-state index contributed by atoms with van der Waals surface area (Å²) in [6.07, 6.45) is 0. The minimum absolute atomic E-state index is 0.612. The SMILES string of the molecule is N=PSc1ccccc1. The van der Waals surface area contributed by atoms with Crippen LogP contribution in [0.2, 0.25) is 0 Å². The fourth-order valence-corrected chi connectivity index (χ4v) is 1.60. The van der Waals surface area contributed by atoms with Gasteiger partial charge in [-0.15, -0.1) is 0 Å². The molecule has 0 unspecified atom stereocenters. The summed E-state index contributed by atoms with van der Waals surface area (Å²) in [6, 6.07) is 9.95. The van der Waals surface area contributed by atoms with Crippen molar-refractivity contribution in [2.45, 2.75) is 4.90 Å². The second-order valence-corrected chi connectivity index (χ2v) is 3.43. The molecule has 1 N–H and O–H groups in total. The normalized spacial score (nSPS) is 9.78. The maximum Gasteiger partial charge on any atom is 0.0750 e. The molecule has 1 nitrogen and oxygen atoms in total. The first-order valence-electron chi connectivity index (χ1n) is 2.52. The molecule has 0 spiro atoms. The molecule has 0 fully saturated rings. The molecule has 0 heterocycles. The van der Waals surface area contributed by atoms with Crippen LogP contribution in [0.5, 0.6) is 0 Å². The van der Waals surface area contributed by atoms with Crippen LogP contribution in [-0.2, 0) is 0 Å². The molecule has 0 amide bonds. The third-order valence-electron chi connectivity index (χ3n) is 0.894. The second-order valence-electron chi connectivity index (χ2n) is 1.50. The zero-order valence-corrected chi connectivity index (χ0v) is 6.45. The first-order chi connectivity index (χ1) is 4.43. The predicted molar refractivity (Wildman–Crippen MR) is 41.9 cm³/mol. The van der Waals surface area contributed by atoms with Crippen molar-refractivity contribution in [2.75, 3.05) is 0 Å². The van der Waals surface area contributed by atoms with Crippen LogP contribution in [0.25, 0.3) is 0 Å². The Hall–Kier alpha value is -0.330. The average molecular weight is 155 g/mol. The van der Waals surface area contributed by atoms with Gasteiger partial charge in [0.15, 0.2) is 0 Å². The van der Waals surface area contributed by atoms with E-state index in [1.54, 1.807) is 0 Å². The summed E-state index contributed by atoms with van der Waals surface area (Å²) in [4.78, 5) is 1.16. The van der Waals surface area contributed by atoms with E-state index < -0.39 is 0 Å². The number of benzene rings is 1. The van der Waals surface area contributed by atoms with Crippen molar-refractivity contribution in [1.82, 2.24) is 0 Å². The monoisotopic (exact) mass is 155 g/mol. The minimum atomic E-state index is 0.612. The van der Waals surface area contributed by atoms with E-state index >= 15 is 0 Å². The Morgan fingerprint density at radius 1 is 1.22 bits per heavy atom. The van der Waals surface area contributed by atoms with Gasteiger partial charge in [0.2, 0.25) is 0 Å². The summed E-state index contributed by atoms with van der Waals surface area (Å²) in [5.74, 6) is 0. The largest absolute Gasteiger partial charge is 0.273 e. The first kappa shape index (κ1) is 6.79. The van der Waals surface area contributed by atoms with Gasteiger partial charge in [-0.1, -0.05) is 18.2 Å². The summed E-state index contributed by atoms with van der Waals surface area (Å²) in [5, 5.41) is 6.88. The van der Waals surface area contributed by atoms with Crippen molar-refractivity contribution in [3.63, 3.8) is 0 Å². The van der Waals surface area contributed by atoms with Crippen molar-refractivity contribution in [3.05, 3.63) is 30.3 Å². The van der Waals surface area contributed by atoms with Gasteiger partial charge in [0.05, 0.1) is 7.57 Å². The van der Waals surface area contributed by atoms with E-state index in [0.717, 1.165) is 4.90 Å². The average Bonchev–Trinajstić information content (AvgIpc) is 1.91. The van der Waals surface area contributed by atoms with Gasteiger partial charge in [-0.25, -0.2) is 0 Å².